The number of hydrogen-bond donors (Lipinski definition) is 4. The molecule has 684 valence electrons. The normalized spacial score (nSPS) is 14.4. The first-order chi connectivity index (χ1) is 58.2. The van der Waals surface area contributed by atoms with Crippen LogP contribution in [0.5, 0.6) is 0 Å². The van der Waals surface area contributed by atoms with E-state index in [0.717, 1.165) is 167 Å². The van der Waals surface area contributed by atoms with Crippen LogP contribution in [0.1, 0.15) is 406 Å². The Labute approximate surface area is 727 Å². The first-order valence-corrected chi connectivity index (χ1v) is 50.8. The van der Waals surface area contributed by atoms with E-state index in [0.29, 0.717) is 19.3 Å². The smallest absolute Gasteiger partial charge is 0.463 e. The molecule has 18 heteroatoms. The summed E-state index contributed by atoms with van der Waals surface area (Å²) in [5.74, 6) is -1.58. The fourth-order valence-corrected chi connectivity index (χ4v) is 14.6. The van der Waals surface area contributed by atoms with Crippen LogP contribution in [0.2, 0.25) is 0 Å². The molecule has 0 fully saturated rings. The summed E-state index contributed by atoms with van der Waals surface area (Å²) in [5, 5.41) is 20.7. The van der Waals surface area contributed by atoms with E-state index in [9.17, 15) is 43.5 Å². The van der Waals surface area contributed by atoms with Crippen LogP contribution in [0, 0.1) is 0 Å². The highest BCUT2D eigenvalue weighted by molar-refractivity contribution is 7.47. The minimum atomic E-state index is -4.95. The topological polar surface area (TPSA) is 231 Å². The number of hydrogen-bond acceptors (Lipinski definition) is 14. The van der Waals surface area contributed by atoms with Crippen molar-refractivity contribution < 1.29 is 75.8 Å². The summed E-state index contributed by atoms with van der Waals surface area (Å²) < 4.78 is 61.5. The first-order valence-electron chi connectivity index (χ1n) is 47.8. The van der Waals surface area contributed by atoms with Gasteiger partial charge in [-0.2, -0.15) is 0 Å². The standard InChI is InChI=1S/C101H174O16P2/c1-4-7-10-13-16-19-22-25-28-31-34-36-38-40-42-44-45-46-47-48-49-51-53-54-56-58-61-63-66-69-72-75-78-81-84-87-99(104)111-90-96(102)91-113-118(107,108)114-92-97(103)93-115-119(109,110)116-95-98(117-101(106)89-86-83-80-77-74-71-68-65-60-33-30-27-24-21-18-15-12-9-6-3)94-112-100(105)88-85-82-79-76-73-70-67-64-62-59-57-55-52-50-43-41-39-37-35-32-29-26-23-20-17-14-11-8-5-2/h7,9-10,12,16-21,25-30,34-37,40-43,60,65,96-98,102-103H,4-6,8,11,13-15,22-24,31-33,38-39,44-59,61-64,66-95H2,1-3H3,(H,107,108)(H,109,110)/b10-7-,12-9-,19-16-,20-17-,21-18-,28-25-,29-26-,30-27-,36-34-,37-35-,42-40-,43-41-,65-60-. The summed E-state index contributed by atoms with van der Waals surface area (Å²) in [6.07, 6.45) is 119. The van der Waals surface area contributed by atoms with Gasteiger partial charge in [-0.1, -0.05) is 397 Å². The van der Waals surface area contributed by atoms with Crippen LogP contribution in [-0.4, -0.2) is 95.9 Å². The molecule has 0 aromatic heterocycles. The Hall–Kier alpha value is -4.83. The second-order valence-corrected chi connectivity index (χ2v) is 34.7. The quantitative estimate of drug-likeness (QED) is 0.0146. The van der Waals surface area contributed by atoms with Crippen LogP contribution in [0.3, 0.4) is 0 Å². The summed E-state index contributed by atoms with van der Waals surface area (Å²) in [6, 6.07) is 0. The van der Waals surface area contributed by atoms with Gasteiger partial charge in [0.25, 0.3) is 0 Å². The van der Waals surface area contributed by atoms with Gasteiger partial charge in [-0.25, -0.2) is 9.13 Å². The van der Waals surface area contributed by atoms with E-state index in [2.05, 4.69) is 179 Å². The average molecular weight is 1710 g/mol. The van der Waals surface area contributed by atoms with Gasteiger partial charge < -0.3 is 34.2 Å². The molecule has 0 saturated carbocycles. The molecule has 0 radical (unpaired) electrons. The van der Waals surface area contributed by atoms with Gasteiger partial charge in [0.1, 0.15) is 25.4 Å². The number of esters is 3. The third-order valence-corrected chi connectivity index (χ3v) is 22.1. The molecule has 5 unspecified atom stereocenters. The van der Waals surface area contributed by atoms with Crippen molar-refractivity contribution in [2.75, 3.05) is 39.6 Å². The second kappa shape index (κ2) is 92.4. The fourth-order valence-electron chi connectivity index (χ4n) is 13.0. The molecule has 5 atom stereocenters. The third kappa shape index (κ3) is 93.7. The van der Waals surface area contributed by atoms with E-state index in [-0.39, 0.29) is 19.3 Å². The molecule has 0 amide bonds. The van der Waals surface area contributed by atoms with Crippen molar-refractivity contribution in [2.24, 2.45) is 0 Å². The Morgan fingerprint density at radius 1 is 0.244 bits per heavy atom. The molecule has 0 bridgehead atoms. The minimum Gasteiger partial charge on any atom is -0.463 e. The summed E-state index contributed by atoms with van der Waals surface area (Å²) in [4.78, 5) is 59.0. The van der Waals surface area contributed by atoms with Gasteiger partial charge in [-0.3, -0.25) is 32.5 Å². The summed E-state index contributed by atoms with van der Waals surface area (Å²) >= 11 is 0. The fraction of sp³-hybridized carbons (Fsp3) is 0.713. The Bertz CT molecular complexity index is 2790. The zero-order valence-corrected chi connectivity index (χ0v) is 77.3. The molecular weight excluding hydrogens is 1530 g/mol. The second-order valence-electron chi connectivity index (χ2n) is 31.8. The highest BCUT2D eigenvalue weighted by Gasteiger charge is 2.30. The summed E-state index contributed by atoms with van der Waals surface area (Å²) in [6.45, 7) is 2.47. The molecule has 0 rings (SSSR count). The Kier molecular flexibility index (Phi) is 88.6. The summed E-state index contributed by atoms with van der Waals surface area (Å²) in [7, 11) is -9.81. The first kappa shape index (κ1) is 114. The molecule has 0 aliphatic carbocycles. The molecule has 0 aliphatic rings. The van der Waals surface area contributed by atoms with Crippen molar-refractivity contribution in [3.05, 3.63) is 158 Å². The minimum absolute atomic E-state index is 0.0859. The van der Waals surface area contributed by atoms with E-state index in [1.165, 1.54) is 180 Å². The van der Waals surface area contributed by atoms with E-state index < -0.39 is 91.5 Å². The number of allylic oxidation sites excluding steroid dienone is 26. The number of phosphoric ester groups is 2. The number of ether oxygens (including phenoxy) is 3. The molecule has 0 heterocycles. The van der Waals surface area contributed by atoms with Crippen LogP contribution in [0.15, 0.2) is 158 Å². The van der Waals surface area contributed by atoms with Gasteiger partial charge >= 0.3 is 33.6 Å². The van der Waals surface area contributed by atoms with Crippen LogP contribution in [0.25, 0.3) is 0 Å². The van der Waals surface area contributed by atoms with E-state index in [1.807, 2.05) is 0 Å². The Morgan fingerprint density at radius 3 is 0.706 bits per heavy atom. The van der Waals surface area contributed by atoms with Crippen molar-refractivity contribution in [1.29, 1.82) is 0 Å². The van der Waals surface area contributed by atoms with Crippen molar-refractivity contribution >= 4 is 33.6 Å². The van der Waals surface area contributed by atoms with Crippen molar-refractivity contribution in [3.8, 4) is 0 Å². The maximum absolute atomic E-state index is 13.1. The zero-order valence-electron chi connectivity index (χ0n) is 75.5. The van der Waals surface area contributed by atoms with Crippen molar-refractivity contribution in [1.82, 2.24) is 0 Å². The van der Waals surface area contributed by atoms with Gasteiger partial charge in [0, 0.05) is 19.3 Å². The van der Waals surface area contributed by atoms with Gasteiger partial charge in [0.2, 0.25) is 0 Å². The SMILES string of the molecule is CC/C=C\C/C=C\C/C=C\C/C=C\C/C=C\CCCCCCCCCCCCCCCCCCCCCC(=O)OCC(O)COP(=O)(O)OCC(O)COP(=O)(O)OCC(COC(=O)CCCCCCCCCCCCCCC/C=C\C/C=C\C/C=C\C/C=C\CCCCC)OC(=O)CCCCCCCC/C=C\C/C=C\C/C=C\C/C=C\CC. The average Bonchev–Trinajstić information content (AvgIpc) is 0.924. The zero-order chi connectivity index (χ0) is 86.5. The molecule has 0 aromatic carbocycles. The van der Waals surface area contributed by atoms with Crippen LogP contribution in [0.4, 0.5) is 0 Å². The van der Waals surface area contributed by atoms with E-state index in [1.54, 1.807) is 0 Å². The number of aliphatic hydroxyl groups is 2. The molecule has 4 N–H and O–H groups in total. The number of carbonyl (C=O) groups excluding carboxylic acids is 3. The molecular formula is C101H174O16P2. The largest absolute Gasteiger partial charge is 0.472 e. The maximum atomic E-state index is 13.1. The van der Waals surface area contributed by atoms with Crippen LogP contribution < -0.4 is 0 Å². The molecule has 16 nitrogen and oxygen atoms in total. The number of unbranched alkanes of at least 4 members (excludes halogenated alkanes) is 41. The molecule has 0 saturated heterocycles. The predicted octanol–water partition coefficient (Wildman–Crippen LogP) is 29.7. The lowest BCUT2D eigenvalue weighted by atomic mass is 10.0. The van der Waals surface area contributed by atoms with E-state index >= 15 is 0 Å². The molecule has 119 heavy (non-hydrogen) atoms. The van der Waals surface area contributed by atoms with Crippen molar-refractivity contribution in [3.63, 3.8) is 0 Å². The summed E-state index contributed by atoms with van der Waals surface area (Å²) in [5.41, 5.74) is 0. The van der Waals surface area contributed by atoms with Gasteiger partial charge in [-0.05, 0) is 148 Å². The Morgan fingerprint density at radius 2 is 0.445 bits per heavy atom. The molecule has 0 aromatic rings. The predicted molar refractivity (Wildman–Crippen MR) is 500 cm³/mol. The number of carbonyl (C=O) groups is 3. The lowest BCUT2D eigenvalue weighted by Gasteiger charge is -2.21. The van der Waals surface area contributed by atoms with Gasteiger partial charge in [0.15, 0.2) is 6.10 Å². The van der Waals surface area contributed by atoms with Gasteiger partial charge in [-0.15, -0.1) is 0 Å². The monoisotopic (exact) mass is 1710 g/mol. The number of phosphoric acid groups is 2. The van der Waals surface area contributed by atoms with Crippen LogP contribution in [-0.2, 0) is 55.8 Å². The third-order valence-electron chi connectivity index (χ3n) is 20.2. The number of rotatable bonds is 90. The molecule has 0 spiro atoms. The highest BCUT2D eigenvalue weighted by Crippen LogP contribution is 2.45. The van der Waals surface area contributed by atoms with Crippen molar-refractivity contribution in [2.45, 2.75) is 424 Å². The lowest BCUT2D eigenvalue weighted by molar-refractivity contribution is -0.161. The van der Waals surface area contributed by atoms with E-state index in [4.69, 9.17) is 32.3 Å². The molecule has 0 aliphatic heterocycles. The maximum Gasteiger partial charge on any atom is 0.472 e. The van der Waals surface area contributed by atoms with Gasteiger partial charge in [0.05, 0.1) is 26.4 Å². The Balaban J connectivity index is 4.50. The van der Waals surface area contributed by atoms with Crippen LogP contribution >= 0.6 is 15.6 Å². The lowest BCUT2D eigenvalue weighted by Crippen LogP contribution is -2.30. The number of aliphatic hydroxyl groups excluding tert-OH is 2. The highest BCUT2D eigenvalue weighted by atomic mass is 31.2.